The van der Waals surface area contributed by atoms with Gasteiger partial charge in [-0.15, -0.1) is 0 Å². The highest BCUT2D eigenvalue weighted by atomic mass is 16.5. The Morgan fingerprint density at radius 1 is 1.33 bits per heavy atom. The minimum atomic E-state index is 0.618. The predicted octanol–water partition coefficient (Wildman–Crippen LogP) is 2.43. The molecule has 2 heterocycles. The van der Waals surface area contributed by atoms with E-state index in [0.717, 1.165) is 32.1 Å². The molecule has 1 N–H and O–H groups in total. The van der Waals surface area contributed by atoms with Gasteiger partial charge in [-0.25, -0.2) is 4.98 Å². The van der Waals surface area contributed by atoms with Crippen molar-refractivity contribution >= 4 is 16.6 Å². The van der Waals surface area contributed by atoms with E-state index in [4.69, 9.17) is 9.72 Å². The van der Waals surface area contributed by atoms with Crippen molar-refractivity contribution in [2.45, 2.75) is 13.0 Å². The van der Waals surface area contributed by atoms with Crippen molar-refractivity contribution in [2.24, 2.45) is 5.92 Å². The summed E-state index contributed by atoms with van der Waals surface area (Å²) in [5, 5.41) is 5.77. The van der Waals surface area contributed by atoms with Crippen molar-refractivity contribution < 1.29 is 4.74 Å². The van der Waals surface area contributed by atoms with Gasteiger partial charge in [0.25, 0.3) is 0 Å². The van der Waals surface area contributed by atoms with Crippen LogP contribution >= 0.6 is 0 Å². The third-order valence-electron chi connectivity index (χ3n) is 4.21. The lowest BCUT2D eigenvalue weighted by atomic mass is 10.1. The zero-order chi connectivity index (χ0) is 14.7. The molecule has 4 nitrogen and oxygen atoms in total. The Morgan fingerprint density at radius 3 is 2.90 bits per heavy atom. The van der Waals surface area contributed by atoms with Gasteiger partial charge in [-0.2, -0.15) is 0 Å². The number of rotatable bonds is 5. The Balaban J connectivity index is 1.95. The van der Waals surface area contributed by atoms with Gasteiger partial charge >= 0.3 is 0 Å². The maximum Gasteiger partial charge on any atom is 0.136 e. The van der Waals surface area contributed by atoms with E-state index in [1.807, 2.05) is 13.2 Å². The molecule has 0 spiro atoms. The first-order valence-electron chi connectivity index (χ1n) is 7.58. The van der Waals surface area contributed by atoms with Crippen molar-refractivity contribution in [3.8, 4) is 0 Å². The van der Waals surface area contributed by atoms with E-state index in [2.05, 4.69) is 34.5 Å². The highest BCUT2D eigenvalue weighted by Crippen LogP contribution is 2.30. The molecule has 3 rings (SSSR count). The lowest BCUT2D eigenvalue weighted by Crippen LogP contribution is -2.22. The van der Waals surface area contributed by atoms with Crippen molar-refractivity contribution in [2.75, 3.05) is 38.8 Å². The number of hydrogen-bond donors (Lipinski definition) is 1. The zero-order valence-corrected chi connectivity index (χ0v) is 12.8. The summed E-state index contributed by atoms with van der Waals surface area (Å²) in [5.74, 6) is 1.73. The van der Waals surface area contributed by atoms with Crippen LogP contribution in [0, 0.1) is 5.92 Å². The average Bonchev–Trinajstić information content (AvgIpc) is 2.97. The van der Waals surface area contributed by atoms with Gasteiger partial charge < -0.3 is 15.0 Å². The van der Waals surface area contributed by atoms with Crippen LogP contribution < -0.4 is 10.2 Å². The van der Waals surface area contributed by atoms with Crippen molar-refractivity contribution in [3.63, 3.8) is 0 Å². The molecule has 0 saturated carbocycles. The molecule has 112 valence electrons. The lowest BCUT2D eigenvalue weighted by Gasteiger charge is -2.20. The fourth-order valence-corrected chi connectivity index (χ4v) is 3.22. The fraction of sp³-hybridized carbons (Fsp3) is 0.471. The van der Waals surface area contributed by atoms with E-state index in [1.165, 1.54) is 22.8 Å². The van der Waals surface area contributed by atoms with Gasteiger partial charge in [-0.1, -0.05) is 24.3 Å². The van der Waals surface area contributed by atoms with Gasteiger partial charge in [0.15, 0.2) is 0 Å². The van der Waals surface area contributed by atoms with Gasteiger partial charge in [0.05, 0.1) is 6.61 Å². The number of nitrogens with one attached hydrogen (secondary N) is 1. The molecule has 0 aliphatic carbocycles. The summed E-state index contributed by atoms with van der Waals surface area (Å²) in [7, 11) is 3.75. The standard InChI is InChI=1S/C17H23N3O/c1-18-9-14-10-19-17(16-6-4-3-5-15(14)16)20-8-7-13(11-20)12-21-2/h3-6,10,13,18H,7-9,11-12H2,1-2H3. The molecule has 2 aromatic rings. The second-order valence-corrected chi connectivity index (χ2v) is 5.74. The highest BCUT2D eigenvalue weighted by molar-refractivity contribution is 5.94. The molecule has 0 amide bonds. The molecule has 1 unspecified atom stereocenters. The van der Waals surface area contributed by atoms with Crippen molar-refractivity contribution in [1.82, 2.24) is 10.3 Å². The minimum absolute atomic E-state index is 0.618. The summed E-state index contributed by atoms with van der Waals surface area (Å²) >= 11 is 0. The molecule has 1 aliphatic rings. The largest absolute Gasteiger partial charge is 0.384 e. The maximum absolute atomic E-state index is 5.29. The van der Waals surface area contributed by atoms with E-state index < -0.39 is 0 Å². The Hall–Kier alpha value is -1.65. The van der Waals surface area contributed by atoms with Gasteiger partial charge in [-0.3, -0.25) is 0 Å². The van der Waals surface area contributed by atoms with Crippen LogP contribution in [0.1, 0.15) is 12.0 Å². The summed E-state index contributed by atoms with van der Waals surface area (Å²) < 4.78 is 5.29. The Labute approximate surface area is 126 Å². The summed E-state index contributed by atoms with van der Waals surface area (Å²) in [4.78, 5) is 7.15. The number of pyridine rings is 1. The third-order valence-corrected chi connectivity index (χ3v) is 4.21. The SMILES string of the molecule is CNCc1cnc(N2CCC(COC)C2)c2ccccc12. The summed E-state index contributed by atoms with van der Waals surface area (Å²) in [6, 6.07) is 8.57. The number of nitrogens with zero attached hydrogens (tertiary/aromatic N) is 2. The second kappa shape index (κ2) is 6.41. The van der Waals surface area contributed by atoms with Crippen LogP contribution in [0.4, 0.5) is 5.82 Å². The first-order chi connectivity index (χ1) is 10.3. The first-order valence-corrected chi connectivity index (χ1v) is 7.58. The molecular weight excluding hydrogens is 262 g/mol. The maximum atomic E-state index is 5.29. The topological polar surface area (TPSA) is 37.4 Å². The van der Waals surface area contributed by atoms with E-state index >= 15 is 0 Å². The Morgan fingerprint density at radius 2 is 2.14 bits per heavy atom. The van der Waals surface area contributed by atoms with Crippen LogP contribution in [0.3, 0.4) is 0 Å². The number of fused-ring (bicyclic) bond motifs is 1. The van der Waals surface area contributed by atoms with E-state index in [9.17, 15) is 0 Å². The van der Waals surface area contributed by atoms with E-state index in [-0.39, 0.29) is 0 Å². The average molecular weight is 285 g/mol. The number of anilines is 1. The molecule has 1 aromatic heterocycles. The number of ether oxygens (including phenoxy) is 1. The summed E-state index contributed by atoms with van der Waals surface area (Å²) in [5.41, 5.74) is 1.25. The number of methoxy groups -OCH3 is 1. The van der Waals surface area contributed by atoms with Crippen LogP contribution in [0.2, 0.25) is 0 Å². The quantitative estimate of drug-likeness (QED) is 0.915. The fourth-order valence-electron chi connectivity index (χ4n) is 3.22. The van der Waals surface area contributed by atoms with Gasteiger partial charge in [0.2, 0.25) is 0 Å². The molecule has 1 atom stereocenters. The summed E-state index contributed by atoms with van der Waals surface area (Å²) in [6.45, 7) is 3.79. The van der Waals surface area contributed by atoms with Gasteiger partial charge in [0.1, 0.15) is 5.82 Å². The number of hydrogen-bond acceptors (Lipinski definition) is 4. The van der Waals surface area contributed by atoms with Gasteiger partial charge in [-0.05, 0) is 24.4 Å². The molecule has 0 radical (unpaired) electrons. The molecule has 1 fully saturated rings. The van der Waals surface area contributed by atoms with Gasteiger partial charge in [0, 0.05) is 44.2 Å². The highest BCUT2D eigenvalue weighted by Gasteiger charge is 2.24. The van der Waals surface area contributed by atoms with Crippen LogP contribution in [0.25, 0.3) is 10.8 Å². The molecular formula is C17H23N3O. The zero-order valence-electron chi connectivity index (χ0n) is 12.8. The molecule has 21 heavy (non-hydrogen) atoms. The van der Waals surface area contributed by atoms with Crippen LogP contribution in [-0.2, 0) is 11.3 Å². The molecule has 1 aromatic carbocycles. The molecule has 1 saturated heterocycles. The minimum Gasteiger partial charge on any atom is -0.384 e. The summed E-state index contributed by atoms with van der Waals surface area (Å²) in [6.07, 6.45) is 3.19. The molecule has 4 heteroatoms. The van der Waals surface area contributed by atoms with Crippen LogP contribution in [0.15, 0.2) is 30.5 Å². The van der Waals surface area contributed by atoms with Crippen molar-refractivity contribution in [1.29, 1.82) is 0 Å². The third kappa shape index (κ3) is 2.87. The van der Waals surface area contributed by atoms with Crippen molar-refractivity contribution in [3.05, 3.63) is 36.0 Å². The monoisotopic (exact) mass is 285 g/mol. The smallest absolute Gasteiger partial charge is 0.136 e. The van der Waals surface area contributed by atoms with Crippen LogP contribution in [-0.4, -0.2) is 38.8 Å². The Kier molecular flexibility index (Phi) is 4.36. The Bertz CT molecular complexity index is 614. The second-order valence-electron chi connectivity index (χ2n) is 5.74. The molecule has 0 bridgehead atoms. The van der Waals surface area contributed by atoms with E-state index in [1.54, 1.807) is 7.11 Å². The molecule has 1 aliphatic heterocycles. The van der Waals surface area contributed by atoms with E-state index in [0.29, 0.717) is 5.92 Å². The first kappa shape index (κ1) is 14.3. The predicted molar refractivity (Wildman–Crippen MR) is 86.7 cm³/mol. The number of aromatic nitrogens is 1. The van der Waals surface area contributed by atoms with Crippen LogP contribution in [0.5, 0.6) is 0 Å². The lowest BCUT2D eigenvalue weighted by molar-refractivity contribution is 0.161. The number of benzene rings is 1. The normalized spacial score (nSPS) is 18.6.